The molecule has 1 N–H and O–H groups in total. The summed E-state index contributed by atoms with van der Waals surface area (Å²) in [7, 11) is 0. The molecule has 1 atom stereocenters. The predicted octanol–water partition coefficient (Wildman–Crippen LogP) is 4.10. The Morgan fingerprint density at radius 3 is 2.42 bits per heavy atom. The van der Waals surface area contributed by atoms with Gasteiger partial charge in [-0.25, -0.2) is 0 Å². The van der Waals surface area contributed by atoms with Crippen molar-refractivity contribution in [1.29, 1.82) is 0 Å². The Kier molecular flexibility index (Phi) is 4.43. The zero-order valence-corrected chi connectivity index (χ0v) is 12.3. The van der Waals surface area contributed by atoms with Crippen LogP contribution in [0.5, 0.6) is 0 Å². The second kappa shape index (κ2) is 6.07. The molecule has 0 radical (unpaired) electrons. The number of benzene rings is 1. The van der Waals surface area contributed by atoms with Crippen molar-refractivity contribution in [2.24, 2.45) is 0 Å². The average molecular weight is 257 g/mol. The zero-order valence-electron chi connectivity index (χ0n) is 12.3. The summed E-state index contributed by atoms with van der Waals surface area (Å²) in [6.45, 7) is 9.37. The summed E-state index contributed by atoms with van der Waals surface area (Å²) < 4.78 is 5.76. The second-order valence-electron chi connectivity index (χ2n) is 5.18. The first-order chi connectivity index (χ1) is 9.10. The highest BCUT2D eigenvalue weighted by molar-refractivity contribution is 5.31. The number of likely N-dealkylation sites (N-methyl/N-ethyl adjacent to an activating group) is 1. The van der Waals surface area contributed by atoms with Crippen LogP contribution in [0.3, 0.4) is 0 Å². The van der Waals surface area contributed by atoms with E-state index < -0.39 is 0 Å². The van der Waals surface area contributed by atoms with Crippen molar-refractivity contribution in [3.05, 3.63) is 58.5 Å². The van der Waals surface area contributed by atoms with Crippen LogP contribution in [-0.2, 0) is 6.42 Å². The van der Waals surface area contributed by atoms with Crippen LogP contribution in [-0.4, -0.2) is 6.54 Å². The van der Waals surface area contributed by atoms with E-state index in [0.29, 0.717) is 0 Å². The fourth-order valence-electron chi connectivity index (χ4n) is 2.33. The van der Waals surface area contributed by atoms with Gasteiger partial charge in [0, 0.05) is 0 Å². The third kappa shape index (κ3) is 3.48. The molecule has 2 nitrogen and oxygen atoms in total. The van der Waals surface area contributed by atoms with E-state index >= 15 is 0 Å². The molecule has 0 aliphatic rings. The molecular formula is C17H23NO. The fraction of sp³-hybridized carbons (Fsp3) is 0.412. The van der Waals surface area contributed by atoms with Crippen molar-refractivity contribution in [3.63, 3.8) is 0 Å². The van der Waals surface area contributed by atoms with Crippen LogP contribution >= 0.6 is 0 Å². The Bertz CT molecular complexity index is 542. The molecular weight excluding hydrogens is 234 g/mol. The maximum atomic E-state index is 5.76. The van der Waals surface area contributed by atoms with E-state index in [4.69, 9.17) is 4.42 Å². The minimum absolute atomic E-state index is 0.251. The summed E-state index contributed by atoms with van der Waals surface area (Å²) in [5, 5.41) is 3.50. The van der Waals surface area contributed by atoms with Crippen molar-refractivity contribution < 1.29 is 4.42 Å². The standard InChI is InChI=1S/C17H23NO/c1-5-18-16(17-9-7-14(4)19-17)11-15-8-6-12(2)13(3)10-15/h6-10,16,18H,5,11H2,1-4H3. The second-order valence-corrected chi connectivity index (χ2v) is 5.18. The summed E-state index contributed by atoms with van der Waals surface area (Å²) in [5.74, 6) is 2.00. The highest BCUT2D eigenvalue weighted by Crippen LogP contribution is 2.22. The molecule has 1 heterocycles. The van der Waals surface area contributed by atoms with E-state index in [9.17, 15) is 0 Å². The van der Waals surface area contributed by atoms with Crippen LogP contribution in [0.1, 0.15) is 41.2 Å². The summed E-state index contributed by atoms with van der Waals surface area (Å²) in [4.78, 5) is 0. The Balaban J connectivity index is 2.18. The maximum Gasteiger partial charge on any atom is 0.121 e. The number of nitrogens with one attached hydrogen (secondary N) is 1. The summed E-state index contributed by atoms with van der Waals surface area (Å²) in [6, 6.07) is 11.0. The third-order valence-electron chi connectivity index (χ3n) is 3.57. The van der Waals surface area contributed by atoms with E-state index in [1.807, 2.05) is 13.0 Å². The van der Waals surface area contributed by atoms with Crippen LogP contribution in [0.25, 0.3) is 0 Å². The van der Waals surface area contributed by atoms with Crippen molar-refractivity contribution in [2.45, 2.75) is 40.2 Å². The van der Waals surface area contributed by atoms with Crippen molar-refractivity contribution >= 4 is 0 Å². The van der Waals surface area contributed by atoms with Gasteiger partial charge in [-0.05, 0) is 62.6 Å². The Hall–Kier alpha value is -1.54. The monoisotopic (exact) mass is 257 g/mol. The van der Waals surface area contributed by atoms with Gasteiger partial charge >= 0.3 is 0 Å². The number of aryl methyl sites for hydroxylation is 3. The first-order valence-electron chi connectivity index (χ1n) is 6.96. The minimum Gasteiger partial charge on any atom is -0.465 e. The molecule has 1 unspecified atom stereocenters. The van der Waals surface area contributed by atoms with Gasteiger partial charge in [0.2, 0.25) is 0 Å². The van der Waals surface area contributed by atoms with E-state index in [1.54, 1.807) is 0 Å². The summed E-state index contributed by atoms with van der Waals surface area (Å²) >= 11 is 0. The molecule has 2 aromatic rings. The lowest BCUT2D eigenvalue weighted by atomic mass is 10.00. The van der Waals surface area contributed by atoms with E-state index in [0.717, 1.165) is 24.5 Å². The predicted molar refractivity (Wildman–Crippen MR) is 79.5 cm³/mol. The molecule has 19 heavy (non-hydrogen) atoms. The van der Waals surface area contributed by atoms with Crippen molar-refractivity contribution in [3.8, 4) is 0 Å². The van der Waals surface area contributed by atoms with Gasteiger partial charge in [0.05, 0.1) is 6.04 Å². The van der Waals surface area contributed by atoms with Crippen LogP contribution < -0.4 is 5.32 Å². The van der Waals surface area contributed by atoms with Crippen LogP contribution in [0, 0.1) is 20.8 Å². The van der Waals surface area contributed by atoms with Gasteiger partial charge in [-0.1, -0.05) is 25.1 Å². The lowest BCUT2D eigenvalue weighted by Crippen LogP contribution is -2.22. The summed E-state index contributed by atoms with van der Waals surface area (Å²) in [6.07, 6.45) is 0.960. The Morgan fingerprint density at radius 2 is 1.84 bits per heavy atom. The molecule has 0 spiro atoms. The quantitative estimate of drug-likeness (QED) is 0.872. The number of hydrogen-bond donors (Lipinski definition) is 1. The first kappa shape index (κ1) is 13.9. The smallest absolute Gasteiger partial charge is 0.121 e. The van der Waals surface area contributed by atoms with Gasteiger partial charge in [0.25, 0.3) is 0 Å². The van der Waals surface area contributed by atoms with Gasteiger partial charge in [-0.2, -0.15) is 0 Å². The molecule has 0 fully saturated rings. The zero-order chi connectivity index (χ0) is 13.8. The minimum atomic E-state index is 0.251. The van der Waals surface area contributed by atoms with E-state index in [-0.39, 0.29) is 6.04 Å². The van der Waals surface area contributed by atoms with Crippen LogP contribution in [0.4, 0.5) is 0 Å². The lowest BCUT2D eigenvalue weighted by molar-refractivity contribution is 0.403. The molecule has 0 saturated carbocycles. The topological polar surface area (TPSA) is 25.2 Å². The fourth-order valence-corrected chi connectivity index (χ4v) is 2.33. The van der Waals surface area contributed by atoms with Crippen LogP contribution in [0.15, 0.2) is 34.7 Å². The molecule has 2 rings (SSSR count). The third-order valence-corrected chi connectivity index (χ3v) is 3.57. The molecule has 0 aliphatic heterocycles. The summed E-state index contributed by atoms with van der Waals surface area (Å²) in [5.41, 5.74) is 4.05. The molecule has 1 aromatic heterocycles. The molecule has 1 aromatic carbocycles. The molecule has 0 bridgehead atoms. The molecule has 102 valence electrons. The SMILES string of the molecule is CCNC(Cc1ccc(C)c(C)c1)c1ccc(C)o1. The molecule has 0 aliphatic carbocycles. The molecule has 0 saturated heterocycles. The molecule has 0 amide bonds. The highest BCUT2D eigenvalue weighted by atomic mass is 16.3. The normalized spacial score (nSPS) is 12.6. The van der Waals surface area contributed by atoms with Gasteiger partial charge in [-0.3, -0.25) is 0 Å². The van der Waals surface area contributed by atoms with Crippen molar-refractivity contribution in [2.75, 3.05) is 6.54 Å². The maximum absolute atomic E-state index is 5.76. The van der Waals surface area contributed by atoms with Gasteiger partial charge in [0.15, 0.2) is 0 Å². The Labute approximate surface area is 115 Å². The van der Waals surface area contributed by atoms with Gasteiger partial charge in [0.1, 0.15) is 11.5 Å². The number of hydrogen-bond acceptors (Lipinski definition) is 2. The number of furan rings is 1. The van der Waals surface area contributed by atoms with E-state index in [2.05, 4.69) is 50.4 Å². The molecule has 2 heteroatoms. The van der Waals surface area contributed by atoms with Gasteiger partial charge < -0.3 is 9.73 Å². The number of rotatable bonds is 5. The lowest BCUT2D eigenvalue weighted by Gasteiger charge is -2.16. The first-order valence-corrected chi connectivity index (χ1v) is 6.96. The Morgan fingerprint density at radius 1 is 1.05 bits per heavy atom. The van der Waals surface area contributed by atoms with E-state index in [1.165, 1.54) is 16.7 Å². The highest BCUT2D eigenvalue weighted by Gasteiger charge is 2.14. The van der Waals surface area contributed by atoms with Crippen LogP contribution in [0.2, 0.25) is 0 Å². The van der Waals surface area contributed by atoms with Gasteiger partial charge in [-0.15, -0.1) is 0 Å². The average Bonchev–Trinajstić information content (AvgIpc) is 2.80. The van der Waals surface area contributed by atoms with Crippen molar-refractivity contribution in [1.82, 2.24) is 5.32 Å². The largest absolute Gasteiger partial charge is 0.465 e.